The monoisotopic (exact) mass is 366 g/mol. The van der Waals surface area contributed by atoms with Gasteiger partial charge in [0.15, 0.2) is 0 Å². The number of nitrogens with zero attached hydrogens (tertiary/aromatic N) is 2. The van der Waals surface area contributed by atoms with Gasteiger partial charge >= 0.3 is 12.2 Å². The highest BCUT2D eigenvalue weighted by Gasteiger charge is 2.27. The van der Waals surface area contributed by atoms with Crippen molar-refractivity contribution in [2.24, 2.45) is 7.05 Å². The maximum atomic E-state index is 12.5. The Morgan fingerprint density at radius 1 is 1.23 bits per heavy atom. The van der Waals surface area contributed by atoms with Crippen LogP contribution in [0.2, 0.25) is 0 Å². The zero-order chi connectivity index (χ0) is 18.7. The number of amides is 2. The molecule has 1 fully saturated rings. The topological polar surface area (TPSA) is 59.0 Å². The number of hydrogen-bond acceptors (Lipinski definition) is 2. The molecule has 1 aromatic carbocycles. The van der Waals surface area contributed by atoms with Gasteiger partial charge in [-0.3, -0.25) is 4.68 Å². The summed E-state index contributed by atoms with van der Waals surface area (Å²) in [7, 11) is 1.79. The molecule has 1 heterocycles. The molecule has 0 saturated heterocycles. The number of aryl methyl sites for hydroxylation is 2. The highest BCUT2D eigenvalue weighted by molar-refractivity contribution is 6.00. The van der Waals surface area contributed by atoms with Crippen molar-refractivity contribution in [2.75, 3.05) is 10.6 Å². The quantitative estimate of drug-likeness (QED) is 0.796. The van der Waals surface area contributed by atoms with Gasteiger partial charge in [-0.2, -0.15) is 18.3 Å². The van der Waals surface area contributed by atoms with E-state index in [9.17, 15) is 18.0 Å². The summed E-state index contributed by atoms with van der Waals surface area (Å²) in [5.41, 5.74) is 2.33. The van der Waals surface area contributed by atoms with E-state index in [1.165, 1.54) is 0 Å². The van der Waals surface area contributed by atoms with Gasteiger partial charge in [-0.15, -0.1) is 0 Å². The number of carbonyl (C=O) groups is 1. The van der Waals surface area contributed by atoms with E-state index in [4.69, 9.17) is 0 Å². The third-order valence-corrected chi connectivity index (χ3v) is 4.54. The Morgan fingerprint density at radius 3 is 2.58 bits per heavy atom. The maximum Gasteiger partial charge on any atom is 0.389 e. The number of para-hydroxylation sites is 1. The number of hydrogen-bond donors (Lipinski definition) is 2. The van der Waals surface area contributed by atoms with Crippen molar-refractivity contribution >= 4 is 17.4 Å². The van der Waals surface area contributed by atoms with Crippen molar-refractivity contribution in [2.45, 2.75) is 44.2 Å². The van der Waals surface area contributed by atoms with E-state index in [-0.39, 0.29) is 6.42 Å². The van der Waals surface area contributed by atoms with Crippen LogP contribution in [-0.4, -0.2) is 22.0 Å². The normalized spacial score (nSPS) is 14.8. The largest absolute Gasteiger partial charge is 0.389 e. The molecule has 8 heteroatoms. The highest BCUT2D eigenvalue weighted by atomic mass is 19.4. The van der Waals surface area contributed by atoms with E-state index in [0.717, 1.165) is 25.0 Å². The van der Waals surface area contributed by atoms with Crippen LogP contribution >= 0.6 is 0 Å². The van der Waals surface area contributed by atoms with Crippen molar-refractivity contribution in [3.8, 4) is 0 Å². The number of urea groups is 1. The lowest BCUT2D eigenvalue weighted by Gasteiger charge is -2.24. The Morgan fingerprint density at radius 2 is 1.92 bits per heavy atom. The summed E-state index contributed by atoms with van der Waals surface area (Å²) in [5.74, 6) is 0.352. The van der Waals surface area contributed by atoms with Crippen LogP contribution in [-0.2, 0) is 13.5 Å². The van der Waals surface area contributed by atoms with Gasteiger partial charge in [0.05, 0.1) is 11.4 Å². The summed E-state index contributed by atoms with van der Waals surface area (Å²) in [6.07, 6.45) is -0.353. The van der Waals surface area contributed by atoms with Crippen LogP contribution in [0.3, 0.4) is 0 Å². The number of alkyl halides is 3. The first-order valence-electron chi connectivity index (χ1n) is 8.58. The molecule has 0 bridgehead atoms. The first-order valence-corrected chi connectivity index (χ1v) is 8.58. The zero-order valence-electron chi connectivity index (χ0n) is 14.4. The molecule has 1 aliphatic carbocycles. The Balaban J connectivity index is 1.67. The molecule has 1 aromatic heterocycles. The predicted molar refractivity (Wildman–Crippen MR) is 93.3 cm³/mol. The summed E-state index contributed by atoms with van der Waals surface area (Å²) in [5, 5.41) is 9.84. The fraction of sp³-hybridized carbons (Fsp3) is 0.444. The van der Waals surface area contributed by atoms with E-state index in [1.807, 2.05) is 0 Å². The van der Waals surface area contributed by atoms with Crippen molar-refractivity contribution in [1.82, 2.24) is 9.78 Å². The van der Waals surface area contributed by atoms with Gasteiger partial charge < -0.3 is 10.6 Å². The number of aromatic nitrogens is 2. The summed E-state index contributed by atoms with van der Waals surface area (Å²) >= 11 is 0. The van der Waals surface area contributed by atoms with Gasteiger partial charge in [-0.1, -0.05) is 24.6 Å². The predicted octanol–water partition coefficient (Wildman–Crippen LogP) is 4.83. The maximum absolute atomic E-state index is 12.5. The molecule has 26 heavy (non-hydrogen) atoms. The van der Waals surface area contributed by atoms with Gasteiger partial charge in [-0.25, -0.2) is 4.79 Å². The molecule has 2 aromatic rings. The smallest absolute Gasteiger partial charge is 0.307 e. The van der Waals surface area contributed by atoms with Gasteiger partial charge in [0.25, 0.3) is 0 Å². The molecule has 140 valence electrons. The second-order valence-electron chi connectivity index (χ2n) is 6.58. The number of halogens is 3. The second kappa shape index (κ2) is 7.39. The molecule has 3 rings (SSSR count). The number of benzene rings is 1. The molecule has 1 saturated carbocycles. The van der Waals surface area contributed by atoms with Crippen LogP contribution in [0.5, 0.6) is 0 Å². The lowest BCUT2D eigenvalue weighted by Crippen LogP contribution is -2.22. The lowest BCUT2D eigenvalue weighted by atomic mass is 9.82. The van der Waals surface area contributed by atoms with Crippen molar-refractivity contribution in [3.63, 3.8) is 0 Å². The van der Waals surface area contributed by atoms with E-state index in [0.29, 0.717) is 22.9 Å². The number of rotatable bonds is 5. The van der Waals surface area contributed by atoms with Crippen molar-refractivity contribution < 1.29 is 18.0 Å². The molecule has 5 nitrogen and oxygen atoms in total. The summed E-state index contributed by atoms with van der Waals surface area (Å²) in [6, 6.07) is 6.03. The van der Waals surface area contributed by atoms with Crippen LogP contribution in [0, 0.1) is 0 Å². The molecule has 0 radical (unpaired) electrons. The zero-order valence-corrected chi connectivity index (χ0v) is 14.4. The van der Waals surface area contributed by atoms with E-state index in [2.05, 4.69) is 15.7 Å². The molecular formula is C18H21F3N4O. The average Bonchev–Trinajstić information content (AvgIpc) is 2.84. The van der Waals surface area contributed by atoms with E-state index >= 15 is 0 Å². The number of anilines is 2. The van der Waals surface area contributed by atoms with E-state index < -0.39 is 18.6 Å². The molecular weight excluding hydrogens is 345 g/mol. The van der Waals surface area contributed by atoms with Gasteiger partial charge in [0.1, 0.15) is 0 Å². The summed E-state index contributed by atoms with van der Waals surface area (Å²) < 4.78 is 39.1. The molecule has 0 aliphatic heterocycles. The van der Waals surface area contributed by atoms with Crippen LogP contribution in [0.4, 0.5) is 29.3 Å². The van der Waals surface area contributed by atoms with Crippen LogP contribution in [0.1, 0.15) is 42.9 Å². The molecule has 1 aliphatic rings. The standard InChI is InChI=1S/C18H21F3N4O/c1-25-11-15(16(24-25)13-6-4-7-13)23-17(26)22-14-8-3-2-5-12(14)9-10-18(19,20)21/h2-3,5,8,11,13H,4,6-7,9-10H2,1H3,(H2,22,23,26). The Labute approximate surface area is 149 Å². The van der Waals surface area contributed by atoms with Gasteiger partial charge in [0, 0.05) is 31.3 Å². The van der Waals surface area contributed by atoms with Gasteiger partial charge in [0.2, 0.25) is 0 Å². The Hall–Kier alpha value is -2.51. The molecule has 2 amide bonds. The Bertz CT molecular complexity index is 781. The molecule has 0 atom stereocenters. The minimum Gasteiger partial charge on any atom is -0.307 e. The van der Waals surface area contributed by atoms with E-state index in [1.54, 1.807) is 42.2 Å². The third-order valence-electron chi connectivity index (χ3n) is 4.54. The Kier molecular flexibility index (Phi) is 5.20. The van der Waals surface area contributed by atoms with Crippen LogP contribution in [0.25, 0.3) is 0 Å². The number of carbonyl (C=O) groups excluding carboxylic acids is 1. The first kappa shape index (κ1) is 18.3. The minimum atomic E-state index is -4.23. The van der Waals surface area contributed by atoms with Crippen molar-refractivity contribution in [1.29, 1.82) is 0 Å². The first-order chi connectivity index (χ1) is 12.3. The fourth-order valence-electron chi connectivity index (χ4n) is 3.00. The minimum absolute atomic E-state index is 0.180. The summed E-state index contributed by atoms with van der Waals surface area (Å²) in [6.45, 7) is 0. The van der Waals surface area contributed by atoms with Crippen molar-refractivity contribution in [3.05, 3.63) is 41.7 Å². The molecule has 0 spiro atoms. The third kappa shape index (κ3) is 4.56. The van der Waals surface area contributed by atoms with Crippen LogP contribution < -0.4 is 10.6 Å². The highest BCUT2D eigenvalue weighted by Crippen LogP contribution is 2.38. The molecule has 2 N–H and O–H groups in total. The molecule has 0 unspecified atom stereocenters. The SMILES string of the molecule is Cn1cc(NC(=O)Nc2ccccc2CCC(F)(F)F)c(C2CCC2)n1. The summed E-state index contributed by atoms with van der Waals surface area (Å²) in [4.78, 5) is 12.3. The fourth-order valence-corrected chi connectivity index (χ4v) is 3.00. The average molecular weight is 366 g/mol. The lowest BCUT2D eigenvalue weighted by molar-refractivity contribution is -0.133. The van der Waals surface area contributed by atoms with Gasteiger partial charge in [-0.05, 0) is 30.9 Å². The second-order valence-corrected chi connectivity index (χ2v) is 6.58. The number of nitrogens with one attached hydrogen (secondary N) is 2. The van der Waals surface area contributed by atoms with Crippen LogP contribution in [0.15, 0.2) is 30.5 Å².